The average Bonchev–Trinajstić information content (AvgIpc) is 2.44. The minimum Gasteiger partial charge on any atom is -0.406 e. The Labute approximate surface area is 127 Å². The van der Waals surface area contributed by atoms with Gasteiger partial charge in [-0.15, -0.1) is 13.2 Å². The van der Waals surface area contributed by atoms with Crippen LogP contribution in [0.5, 0.6) is 5.75 Å². The first-order chi connectivity index (χ1) is 10.6. The van der Waals surface area contributed by atoms with Crippen molar-refractivity contribution in [1.29, 1.82) is 0 Å². The van der Waals surface area contributed by atoms with Gasteiger partial charge in [-0.3, -0.25) is 0 Å². The summed E-state index contributed by atoms with van der Waals surface area (Å²) >= 11 is 0. The predicted molar refractivity (Wildman–Crippen MR) is 71.5 cm³/mol. The van der Waals surface area contributed by atoms with Crippen molar-refractivity contribution >= 4 is 0 Å². The third-order valence-corrected chi connectivity index (χ3v) is 3.05. The Morgan fingerprint density at radius 2 is 1.48 bits per heavy atom. The standard InChI is InChI=1S/C15H11F6NO/c16-14(17,18)12-3-1-2-10(8-22)13(12)9-4-6-11(7-5-9)23-15(19,20)21/h1-7H,8,22H2. The van der Waals surface area contributed by atoms with E-state index in [0.717, 1.165) is 30.3 Å². The fourth-order valence-electron chi connectivity index (χ4n) is 2.17. The van der Waals surface area contributed by atoms with Crippen molar-refractivity contribution < 1.29 is 31.1 Å². The maximum atomic E-state index is 13.1. The van der Waals surface area contributed by atoms with E-state index in [4.69, 9.17) is 5.73 Å². The highest BCUT2D eigenvalue weighted by atomic mass is 19.4. The lowest BCUT2D eigenvalue weighted by atomic mass is 9.94. The highest BCUT2D eigenvalue weighted by Crippen LogP contribution is 2.39. The number of ether oxygens (including phenoxy) is 1. The molecule has 0 saturated carbocycles. The van der Waals surface area contributed by atoms with Gasteiger partial charge in [0.15, 0.2) is 0 Å². The molecule has 2 rings (SSSR count). The van der Waals surface area contributed by atoms with Gasteiger partial charge in [-0.05, 0) is 34.9 Å². The van der Waals surface area contributed by atoms with E-state index in [-0.39, 0.29) is 23.2 Å². The topological polar surface area (TPSA) is 35.2 Å². The SMILES string of the molecule is NCc1cccc(C(F)(F)F)c1-c1ccc(OC(F)(F)F)cc1. The molecule has 0 aliphatic rings. The van der Waals surface area contributed by atoms with Crippen molar-refractivity contribution in [3.05, 3.63) is 53.6 Å². The van der Waals surface area contributed by atoms with E-state index >= 15 is 0 Å². The number of rotatable bonds is 3. The first kappa shape index (κ1) is 17.1. The second-order valence-electron chi connectivity index (χ2n) is 4.61. The van der Waals surface area contributed by atoms with Crippen molar-refractivity contribution in [1.82, 2.24) is 0 Å². The highest BCUT2D eigenvalue weighted by molar-refractivity contribution is 5.72. The summed E-state index contributed by atoms with van der Waals surface area (Å²) < 4.78 is 79.5. The van der Waals surface area contributed by atoms with Crippen LogP contribution >= 0.6 is 0 Å². The van der Waals surface area contributed by atoms with E-state index in [1.54, 1.807) is 0 Å². The van der Waals surface area contributed by atoms with Crippen molar-refractivity contribution in [2.45, 2.75) is 19.1 Å². The van der Waals surface area contributed by atoms with Gasteiger partial charge in [0.2, 0.25) is 0 Å². The van der Waals surface area contributed by atoms with Gasteiger partial charge < -0.3 is 10.5 Å². The third kappa shape index (κ3) is 4.16. The van der Waals surface area contributed by atoms with Gasteiger partial charge in [0.25, 0.3) is 0 Å². The van der Waals surface area contributed by atoms with Crippen LogP contribution in [-0.4, -0.2) is 6.36 Å². The summed E-state index contributed by atoms with van der Waals surface area (Å²) in [5, 5.41) is 0. The fraction of sp³-hybridized carbons (Fsp3) is 0.200. The van der Waals surface area contributed by atoms with Gasteiger partial charge in [-0.25, -0.2) is 0 Å². The minimum atomic E-state index is -4.87. The zero-order valence-corrected chi connectivity index (χ0v) is 11.5. The van der Waals surface area contributed by atoms with Crippen LogP contribution in [0.1, 0.15) is 11.1 Å². The number of benzene rings is 2. The van der Waals surface area contributed by atoms with Crippen LogP contribution in [0.15, 0.2) is 42.5 Å². The molecule has 0 radical (unpaired) electrons. The predicted octanol–water partition coefficient (Wildman–Crippen LogP) is 4.73. The summed E-state index contributed by atoms with van der Waals surface area (Å²) in [7, 11) is 0. The molecule has 0 bridgehead atoms. The van der Waals surface area contributed by atoms with Crippen molar-refractivity contribution in [2.24, 2.45) is 5.73 Å². The summed E-state index contributed by atoms with van der Waals surface area (Å²) in [6.45, 7) is -0.139. The highest BCUT2D eigenvalue weighted by Gasteiger charge is 2.34. The summed E-state index contributed by atoms with van der Waals surface area (Å²) in [5.41, 5.74) is 4.77. The molecule has 2 aromatic rings. The van der Waals surface area contributed by atoms with Crippen LogP contribution in [-0.2, 0) is 12.7 Å². The maximum absolute atomic E-state index is 13.1. The van der Waals surface area contributed by atoms with Gasteiger partial charge >= 0.3 is 12.5 Å². The van der Waals surface area contributed by atoms with E-state index in [9.17, 15) is 26.3 Å². The first-order valence-corrected chi connectivity index (χ1v) is 6.37. The third-order valence-electron chi connectivity index (χ3n) is 3.05. The molecule has 0 aliphatic carbocycles. The number of halogens is 6. The van der Waals surface area contributed by atoms with Crippen LogP contribution in [0, 0.1) is 0 Å². The number of alkyl halides is 6. The Morgan fingerprint density at radius 3 is 1.96 bits per heavy atom. The zero-order chi connectivity index (χ0) is 17.3. The Hall–Kier alpha value is -2.22. The summed E-state index contributed by atoms with van der Waals surface area (Å²) in [4.78, 5) is 0. The lowest BCUT2D eigenvalue weighted by molar-refractivity contribution is -0.274. The van der Waals surface area contributed by atoms with Crippen molar-refractivity contribution in [3.8, 4) is 16.9 Å². The summed E-state index contributed by atoms with van der Waals surface area (Å²) in [5.74, 6) is -0.514. The van der Waals surface area contributed by atoms with Gasteiger partial charge in [-0.1, -0.05) is 24.3 Å². The molecule has 8 heteroatoms. The van der Waals surface area contributed by atoms with Crippen molar-refractivity contribution in [3.63, 3.8) is 0 Å². The number of nitrogens with two attached hydrogens (primary N) is 1. The molecule has 2 nitrogen and oxygen atoms in total. The molecule has 0 amide bonds. The van der Waals surface area contributed by atoms with Crippen molar-refractivity contribution in [2.75, 3.05) is 0 Å². The van der Waals surface area contributed by atoms with E-state index in [1.165, 1.54) is 12.1 Å². The molecule has 0 aliphatic heterocycles. The van der Waals surface area contributed by atoms with E-state index < -0.39 is 23.9 Å². The molecule has 0 unspecified atom stereocenters. The molecular formula is C15H11F6NO. The average molecular weight is 335 g/mol. The van der Waals surface area contributed by atoms with E-state index in [2.05, 4.69) is 4.74 Å². The quantitative estimate of drug-likeness (QED) is 0.823. The molecule has 0 aromatic heterocycles. The minimum absolute atomic E-state index is 0.105. The monoisotopic (exact) mass is 335 g/mol. The molecule has 2 N–H and O–H groups in total. The van der Waals surface area contributed by atoms with Gasteiger partial charge in [0.1, 0.15) is 5.75 Å². The molecule has 0 atom stereocenters. The van der Waals surface area contributed by atoms with Crippen LogP contribution in [0.25, 0.3) is 11.1 Å². The number of hydrogen-bond acceptors (Lipinski definition) is 2. The molecule has 0 fully saturated rings. The van der Waals surface area contributed by atoms with E-state index in [0.29, 0.717) is 0 Å². The molecule has 2 aromatic carbocycles. The molecule has 0 saturated heterocycles. The Bertz CT molecular complexity index is 676. The smallest absolute Gasteiger partial charge is 0.406 e. The number of hydrogen-bond donors (Lipinski definition) is 1. The lowest BCUT2D eigenvalue weighted by Crippen LogP contribution is -2.17. The Balaban J connectivity index is 2.49. The van der Waals surface area contributed by atoms with Crippen LogP contribution in [0.4, 0.5) is 26.3 Å². The van der Waals surface area contributed by atoms with Gasteiger partial charge in [0.05, 0.1) is 5.56 Å². The van der Waals surface area contributed by atoms with Crippen LogP contribution < -0.4 is 10.5 Å². The Kier molecular flexibility index (Phi) is 4.56. The molecule has 124 valence electrons. The zero-order valence-electron chi connectivity index (χ0n) is 11.5. The first-order valence-electron chi connectivity index (χ1n) is 6.37. The summed E-state index contributed by atoms with van der Waals surface area (Å²) in [6, 6.07) is 7.73. The van der Waals surface area contributed by atoms with E-state index in [1.807, 2.05) is 0 Å². The van der Waals surface area contributed by atoms with Crippen LogP contribution in [0.3, 0.4) is 0 Å². The lowest BCUT2D eigenvalue weighted by Gasteiger charge is -2.17. The Morgan fingerprint density at radius 1 is 0.870 bits per heavy atom. The summed E-state index contributed by atoms with van der Waals surface area (Å²) in [6.07, 6.45) is -9.48. The van der Waals surface area contributed by atoms with Gasteiger partial charge in [-0.2, -0.15) is 13.2 Å². The molecule has 0 heterocycles. The van der Waals surface area contributed by atoms with Gasteiger partial charge in [0, 0.05) is 6.54 Å². The fourth-order valence-corrected chi connectivity index (χ4v) is 2.17. The molecular weight excluding hydrogens is 324 g/mol. The second-order valence-corrected chi connectivity index (χ2v) is 4.61. The maximum Gasteiger partial charge on any atom is 0.573 e. The largest absolute Gasteiger partial charge is 0.573 e. The molecule has 0 spiro atoms. The molecule has 23 heavy (non-hydrogen) atoms. The van der Waals surface area contributed by atoms with Crippen LogP contribution in [0.2, 0.25) is 0 Å². The normalized spacial score (nSPS) is 12.3. The second kappa shape index (κ2) is 6.11.